The molecule has 14 heavy (non-hydrogen) atoms. The summed E-state index contributed by atoms with van der Waals surface area (Å²) in [7, 11) is 0. The van der Waals surface area contributed by atoms with Gasteiger partial charge in [0.1, 0.15) is 0 Å². The average Bonchev–Trinajstić information content (AvgIpc) is 2.01. The van der Waals surface area contributed by atoms with Gasteiger partial charge >= 0.3 is 0 Å². The summed E-state index contributed by atoms with van der Waals surface area (Å²) in [5, 5.41) is 2.87. The Hall–Kier alpha value is -0.640. The van der Waals surface area contributed by atoms with E-state index in [0.717, 1.165) is 0 Å². The number of nitrogens with two attached hydrogens (primary N) is 1. The van der Waals surface area contributed by atoms with E-state index in [9.17, 15) is 4.79 Å². The molecule has 1 atom stereocenters. The summed E-state index contributed by atoms with van der Waals surface area (Å²) < 4.78 is 0. The highest BCUT2D eigenvalue weighted by molar-refractivity contribution is 7.80. The first-order valence-corrected chi connectivity index (χ1v) is 5.33. The van der Waals surface area contributed by atoms with Gasteiger partial charge in [0.05, 0.1) is 10.5 Å². The van der Waals surface area contributed by atoms with E-state index in [1.54, 1.807) is 0 Å². The summed E-state index contributed by atoms with van der Waals surface area (Å²) in [5.41, 5.74) is 5.04. The summed E-state index contributed by atoms with van der Waals surface area (Å²) in [5.74, 6) is 0.361. The highest BCUT2D eigenvalue weighted by Crippen LogP contribution is 2.10. The Morgan fingerprint density at radius 1 is 1.57 bits per heavy atom. The average molecular weight is 216 g/mol. The molecule has 0 aromatic rings. The summed E-state index contributed by atoms with van der Waals surface area (Å²) in [6.07, 6.45) is 1.23. The maximum Gasteiger partial charge on any atom is 0.221 e. The van der Waals surface area contributed by atoms with Gasteiger partial charge in [-0.25, -0.2) is 0 Å². The number of carbonyl (C=O) groups is 1. The van der Waals surface area contributed by atoms with Crippen LogP contribution in [0.1, 0.15) is 40.5 Å². The van der Waals surface area contributed by atoms with Crippen molar-refractivity contribution in [1.82, 2.24) is 5.32 Å². The first-order chi connectivity index (χ1) is 6.31. The molecule has 3 nitrogen and oxygen atoms in total. The molecule has 0 saturated carbocycles. The maximum atomic E-state index is 11.5. The van der Waals surface area contributed by atoms with Crippen LogP contribution in [0.25, 0.3) is 0 Å². The van der Waals surface area contributed by atoms with Crippen molar-refractivity contribution < 1.29 is 4.79 Å². The lowest BCUT2D eigenvalue weighted by Crippen LogP contribution is -2.54. The Kier molecular flexibility index (Phi) is 5.05. The van der Waals surface area contributed by atoms with Crippen LogP contribution in [-0.2, 0) is 4.79 Å². The zero-order chi connectivity index (χ0) is 11.4. The maximum absolute atomic E-state index is 11.5. The van der Waals surface area contributed by atoms with Crippen LogP contribution in [-0.4, -0.2) is 16.4 Å². The van der Waals surface area contributed by atoms with Gasteiger partial charge in [-0.1, -0.05) is 33.0 Å². The van der Waals surface area contributed by atoms with Crippen LogP contribution in [0.3, 0.4) is 0 Å². The second-order valence-corrected chi connectivity index (χ2v) is 4.64. The summed E-state index contributed by atoms with van der Waals surface area (Å²) in [6.45, 7) is 7.82. The molecule has 0 aromatic carbocycles. The third-order valence-corrected chi connectivity index (χ3v) is 2.71. The van der Waals surface area contributed by atoms with E-state index < -0.39 is 5.54 Å². The van der Waals surface area contributed by atoms with E-state index in [2.05, 4.69) is 5.32 Å². The van der Waals surface area contributed by atoms with Crippen LogP contribution >= 0.6 is 12.2 Å². The van der Waals surface area contributed by atoms with Gasteiger partial charge in [-0.15, -0.1) is 0 Å². The Labute approximate surface area is 91.4 Å². The Morgan fingerprint density at radius 3 is 2.36 bits per heavy atom. The zero-order valence-corrected chi connectivity index (χ0v) is 10.2. The third kappa shape index (κ3) is 4.05. The molecule has 4 heteroatoms. The van der Waals surface area contributed by atoms with Crippen LogP contribution in [0.5, 0.6) is 0 Å². The molecule has 1 unspecified atom stereocenters. The fourth-order valence-corrected chi connectivity index (χ4v) is 1.25. The molecule has 0 rings (SSSR count). The number of nitrogens with one attached hydrogen (secondary N) is 1. The minimum absolute atomic E-state index is 0.0113. The van der Waals surface area contributed by atoms with Crippen molar-refractivity contribution in [3.63, 3.8) is 0 Å². The quantitative estimate of drug-likeness (QED) is 0.686. The van der Waals surface area contributed by atoms with Gasteiger partial charge < -0.3 is 11.1 Å². The largest absolute Gasteiger partial charge is 0.391 e. The summed E-state index contributed by atoms with van der Waals surface area (Å²) >= 11 is 4.92. The van der Waals surface area contributed by atoms with Gasteiger partial charge in [0.25, 0.3) is 0 Å². The van der Waals surface area contributed by atoms with E-state index >= 15 is 0 Å². The van der Waals surface area contributed by atoms with E-state index in [4.69, 9.17) is 18.0 Å². The van der Waals surface area contributed by atoms with Crippen LogP contribution in [0, 0.1) is 5.92 Å². The Balaban J connectivity index is 4.32. The van der Waals surface area contributed by atoms with E-state index in [1.165, 1.54) is 0 Å². The van der Waals surface area contributed by atoms with Crippen LogP contribution < -0.4 is 11.1 Å². The lowest BCUT2D eigenvalue weighted by atomic mass is 9.98. The van der Waals surface area contributed by atoms with Gasteiger partial charge in [0, 0.05) is 6.42 Å². The number of carbonyl (C=O) groups excluding carboxylic acids is 1. The van der Waals surface area contributed by atoms with Crippen LogP contribution in [0.15, 0.2) is 0 Å². The monoisotopic (exact) mass is 216 g/mol. The van der Waals surface area contributed by atoms with Gasteiger partial charge in [-0.2, -0.15) is 0 Å². The molecule has 0 aromatic heterocycles. The zero-order valence-electron chi connectivity index (χ0n) is 9.39. The molecule has 0 aliphatic rings. The van der Waals surface area contributed by atoms with Crippen molar-refractivity contribution in [3.8, 4) is 0 Å². The standard InChI is InChI=1S/C10H20N2OS/c1-5-10(4,9(11)14)12-8(13)6-7(2)3/h7H,5-6H2,1-4H3,(H2,11,14)(H,12,13). The molecule has 0 saturated heterocycles. The second-order valence-electron chi connectivity index (χ2n) is 4.20. The first kappa shape index (κ1) is 13.4. The fourth-order valence-electron chi connectivity index (χ4n) is 1.05. The molecule has 3 N–H and O–H groups in total. The SMILES string of the molecule is CCC(C)(NC(=O)CC(C)C)C(N)=S. The highest BCUT2D eigenvalue weighted by Gasteiger charge is 2.27. The molecule has 0 heterocycles. The van der Waals surface area contributed by atoms with E-state index in [0.29, 0.717) is 23.7 Å². The molecular weight excluding hydrogens is 196 g/mol. The van der Waals surface area contributed by atoms with Crippen LogP contribution in [0.2, 0.25) is 0 Å². The van der Waals surface area contributed by atoms with Crippen molar-refractivity contribution in [2.45, 2.75) is 46.1 Å². The Bertz CT molecular complexity index is 228. The smallest absolute Gasteiger partial charge is 0.221 e. The topological polar surface area (TPSA) is 55.1 Å². The van der Waals surface area contributed by atoms with Crippen molar-refractivity contribution in [2.24, 2.45) is 11.7 Å². The van der Waals surface area contributed by atoms with Gasteiger partial charge in [0.15, 0.2) is 0 Å². The molecule has 0 spiro atoms. The number of hydrogen-bond acceptors (Lipinski definition) is 2. The molecule has 82 valence electrons. The number of amides is 1. The fraction of sp³-hybridized carbons (Fsp3) is 0.800. The van der Waals surface area contributed by atoms with Gasteiger partial charge in [-0.3, -0.25) is 4.79 Å². The molecule has 0 radical (unpaired) electrons. The molecule has 0 aliphatic heterocycles. The minimum atomic E-state index is -0.540. The van der Waals surface area contributed by atoms with E-state index in [1.807, 2.05) is 27.7 Å². The summed E-state index contributed by atoms with van der Waals surface area (Å²) in [6, 6.07) is 0. The minimum Gasteiger partial charge on any atom is -0.391 e. The predicted molar refractivity (Wildman–Crippen MR) is 63.1 cm³/mol. The molecule has 0 fully saturated rings. The van der Waals surface area contributed by atoms with Crippen molar-refractivity contribution in [3.05, 3.63) is 0 Å². The predicted octanol–water partition coefficient (Wildman–Crippen LogP) is 1.60. The molecule has 0 bridgehead atoms. The Morgan fingerprint density at radius 2 is 2.07 bits per heavy atom. The third-order valence-electron chi connectivity index (χ3n) is 2.26. The van der Waals surface area contributed by atoms with Gasteiger partial charge in [0.2, 0.25) is 5.91 Å². The van der Waals surface area contributed by atoms with Gasteiger partial charge in [-0.05, 0) is 19.3 Å². The first-order valence-electron chi connectivity index (χ1n) is 4.92. The molecular formula is C10H20N2OS. The highest BCUT2D eigenvalue weighted by atomic mass is 32.1. The number of thiocarbonyl (C=S) groups is 1. The second kappa shape index (κ2) is 5.29. The van der Waals surface area contributed by atoms with Crippen molar-refractivity contribution in [1.29, 1.82) is 0 Å². The molecule has 0 aliphatic carbocycles. The number of hydrogen-bond donors (Lipinski definition) is 2. The van der Waals surface area contributed by atoms with Crippen molar-refractivity contribution in [2.75, 3.05) is 0 Å². The van der Waals surface area contributed by atoms with E-state index in [-0.39, 0.29) is 5.91 Å². The van der Waals surface area contributed by atoms with Crippen LogP contribution in [0.4, 0.5) is 0 Å². The van der Waals surface area contributed by atoms with Crippen molar-refractivity contribution >= 4 is 23.1 Å². The number of rotatable bonds is 5. The normalized spacial score (nSPS) is 14.9. The summed E-state index contributed by atoms with van der Waals surface area (Å²) in [4.78, 5) is 11.9. The molecule has 1 amide bonds. The lowest BCUT2D eigenvalue weighted by molar-refractivity contribution is -0.122. The lowest BCUT2D eigenvalue weighted by Gasteiger charge is -2.28.